The third-order valence-electron chi connectivity index (χ3n) is 2.11. The Bertz CT molecular complexity index is 406. The van der Waals surface area contributed by atoms with Crippen LogP contribution in [-0.4, -0.2) is 30.0 Å². The van der Waals surface area contributed by atoms with Gasteiger partial charge in [0.1, 0.15) is 10.7 Å². The zero-order valence-corrected chi connectivity index (χ0v) is 11.1. The van der Waals surface area contributed by atoms with E-state index in [1.165, 1.54) is 11.3 Å². The molecule has 1 heterocycles. The number of aromatic nitrogens is 1. The minimum atomic E-state index is -0.245. The van der Waals surface area contributed by atoms with Gasteiger partial charge in [0, 0.05) is 24.9 Å². The van der Waals surface area contributed by atoms with Crippen LogP contribution in [0.15, 0.2) is 5.38 Å². The molecule has 0 atom stereocenters. The second-order valence-electron chi connectivity index (χ2n) is 3.50. The monoisotopic (exact) mass is 271 g/mol. The summed E-state index contributed by atoms with van der Waals surface area (Å²) in [6.45, 7) is 2.90. The summed E-state index contributed by atoms with van der Waals surface area (Å²) in [7, 11) is 0. The Balaban J connectivity index is 2.23. The van der Waals surface area contributed by atoms with Crippen molar-refractivity contribution < 1.29 is 14.3 Å². The highest BCUT2D eigenvalue weighted by Gasteiger charge is 2.09. The van der Waals surface area contributed by atoms with E-state index in [4.69, 9.17) is 10.5 Å². The van der Waals surface area contributed by atoms with Crippen LogP contribution >= 0.6 is 11.3 Å². The summed E-state index contributed by atoms with van der Waals surface area (Å²) in [5, 5.41) is 5.09. The van der Waals surface area contributed by atoms with Gasteiger partial charge in [0.15, 0.2) is 0 Å². The van der Waals surface area contributed by atoms with Gasteiger partial charge in [0.05, 0.1) is 6.61 Å². The SMILES string of the molecule is CCOC(=O)CCCNC(=O)c1csc(CN)n1. The van der Waals surface area contributed by atoms with E-state index in [1.54, 1.807) is 12.3 Å². The molecule has 0 unspecified atom stereocenters. The minimum Gasteiger partial charge on any atom is -0.466 e. The average molecular weight is 271 g/mol. The van der Waals surface area contributed by atoms with Crippen LogP contribution in [0.1, 0.15) is 35.3 Å². The van der Waals surface area contributed by atoms with Gasteiger partial charge >= 0.3 is 5.97 Å². The summed E-state index contributed by atoms with van der Waals surface area (Å²) in [5.41, 5.74) is 5.78. The van der Waals surface area contributed by atoms with Gasteiger partial charge in [0.2, 0.25) is 0 Å². The molecular formula is C11H17N3O3S. The van der Waals surface area contributed by atoms with E-state index in [0.29, 0.717) is 38.2 Å². The maximum absolute atomic E-state index is 11.6. The Morgan fingerprint density at radius 1 is 1.56 bits per heavy atom. The van der Waals surface area contributed by atoms with Gasteiger partial charge in [-0.1, -0.05) is 0 Å². The molecule has 0 aromatic carbocycles. The fourth-order valence-electron chi connectivity index (χ4n) is 1.27. The highest BCUT2D eigenvalue weighted by atomic mass is 32.1. The van der Waals surface area contributed by atoms with E-state index in [2.05, 4.69) is 10.3 Å². The Kier molecular flexibility index (Phi) is 6.31. The maximum Gasteiger partial charge on any atom is 0.305 e. The van der Waals surface area contributed by atoms with Crippen molar-refractivity contribution in [1.29, 1.82) is 0 Å². The topological polar surface area (TPSA) is 94.3 Å². The molecule has 0 saturated carbocycles. The van der Waals surface area contributed by atoms with Crippen LogP contribution in [0.3, 0.4) is 0 Å². The van der Waals surface area contributed by atoms with E-state index >= 15 is 0 Å². The van der Waals surface area contributed by atoms with Crippen LogP contribution in [0.4, 0.5) is 0 Å². The lowest BCUT2D eigenvalue weighted by Gasteiger charge is -2.03. The summed E-state index contributed by atoms with van der Waals surface area (Å²) in [6, 6.07) is 0. The van der Waals surface area contributed by atoms with E-state index in [-0.39, 0.29) is 11.9 Å². The lowest BCUT2D eigenvalue weighted by Crippen LogP contribution is -2.25. The number of rotatable bonds is 7. The largest absolute Gasteiger partial charge is 0.466 e. The molecule has 0 fully saturated rings. The molecule has 7 heteroatoms. The van der Waals surface area contributed by atoms with Crippen molar-refractivity contribution in [2.45, 2.75) is 26.3 Å². The van der Waals surface area contributed by atoms with E-state index < -0.39 is 0 Å². The Labute approximate surface area is 110 Å². The third-order valence-corrected chi connectivity index (χ3v) is 2.98. The van der Waals surface area contributed by atoms with Gasteiger partial charge in [-0.2, -0.15) is 0 Å². The highest BCUT2D eigenvalue weighted by molar-refractivity contribution is 7.09. The molecule has 0 radical (unpaired) electrons. The van der Waals surface area contributed by atoms with Gasteiger partial charge in [0.25, 0.3) is 5.91 Å². The van der Waals surface area contributed by atoms with Crippen LogP contribution in [0.2, 0.25) is 0 Å². The van der Waals surface area contributed by atoms with Crippen LogP contribution in [0.5, 0.6) is 0 Å². The van der Waals surface area contributed by atoms with Gasteiger partial charge in [-0.25, -0.2) is 4.98 Å². The average Bonchev–Trinajstić information content (AvgIpc) is 2.83. The number of nitrogens with one attached hydrogen (secondary N) is 1. The van der Waals surface area contributed by atoms with E-state index in [9.17, 15) is 9.59 Å². The standard InChI is InChI=1S/C11H17N3O3S/c1-2-17-10(15)4-3-5-13-11(16)8-7-18-9(6-12)14-8/h7H,2-6,12H2,1H3,(H,13,16). The van der Waals surface area contributed by atoms with Crippen LogP contribution in [0, 0.1) is 0 Å². The third kappa shape index (κ3) is 4.80. The zero-order valence-electron chi connectivity index (χ0n) is 10.3. The van der Waals surface area contributed by atoms with Gasteiger partial charge in [-0.15, -0.1) is 11.3 Å². The summed E-state index contributed by atoms with van der Waals surface area (Å²) >= 11 is 1.36. The molecule has 0 aliphatic heterocycles. The van der Waals surface area contributed by atoms with Crippen molar-refractivity contribution in [3.8, 4) is 0 Å². The number of carbonyl (C=O) groups excluding carboxylic acids is 2. The molecule has 1 amide bonds. The molecule has 100 valence electrons. The molecule has 1 aromatic heterocycles. The van der Waals surface area contributed by atoms with Crippen LogP contribution in [0.25, 0.3) is 0 Å². The smallest absolute Gasteiger partial charge is 0.305 e. The number of hydrogen-bond donors (Lipinski definition) is 2. The first-order valence-electron chi connectivity index (χ1n) is 5.75. The zero-order chi connectivity index (χ0) is 13.4. The maximum atomic E-state index is 11.6. The number of nitrogens with two attached hydrogens (primary N) is 1. The van der Waals surface area contributed by atoms with Gasteiger partial charge in [-0.05, 0) is 13.3 Å². The molecule has 0 saturated heterocycles. The van der Waals surface area contributed by atoms with Crippen molar-refractivity contribution in [1.82, 2.24) is 10.3 Å². The van der Waals surface area contributed by atoms with Gasteiger partial charge < -0.3 is 15.8 Å². The lowest BCUT2D eigenvalue weighted by molar-refractivity contribution is -0.143. The fourth-order valence-corrected chi connectivity index (χ4v) is 1.92. The first kappa shape index (κ1) is 14.6. The number of ether oxygens (including phenoxy) is 1. The molecule has 0 aliphatic carbocycles. The van der Waals surface area contributed by atoms with Crippen LogP contribution < -0.4 is 11.1 Å². The number of hydrogen-bond acceptors (Lipinski definition) is 6. The fraction of sp³-hybridized carbons (Fsp3) is 0.545. The molecule has 3 N–H and O–H groups in total. The Morgan fingerprint density at radius 3 is 2.94 bits per heavy atom. The van der Waals surface area contributed by atoms with Gasteiger partial charge in [-0.3, -0.25) is 9.59 Å². The quantitative estimate of drug-likeness (QED) is 0.561. The van der Waals surface area contributed by atoms with E-state index in [1.807, 2.05) is 0 Å². The minimum absolute atomic E-state index is 0.241. The predicted octanol–water partition coefficient (Wildman–Crippen LogP) is 0.675. The second-order valence-corrected chi connectivity index (χ2v) is 4.44. The first-order valence-corrected chi connectivity index (χ1v) is 6.63. The van der Waals surface area contributed by atoms with Crippen molar-refractivity contribution in [2.24, 2.45) is 5.73 Å². The number of thiazole rings is 1. The van der Waals surface area contributed by atoms with Crippen molar-refractivity contribution in [3.63, 3.8) is 0 Å². The summed E-state index contributed by atoms with van der Waals surface area (Å²) < 4.78 is 4.78. The van der Waals surface area contributed by atoms with Crippen molar-refractivity contribution in [3.05, 3.63) is 16.1 Å². The predicted molar refractivity (Wildman–Crippen MR) is 68.2 cm³/mol. The summed E-state index contributed by atoms with van der Waals surface area (Å²) in [6.07, 6.45) is 0.859. The molecule has 0 bridgehead atoms. The molecule has 0 aliphatic rings. The van der Waals surface area contributed by atoms with E-state index in [0.717, 1.165) is 5.01 Å². The number of amides is 1. The second kappa shape index (κ2) is 7.78. The molecular weight excluding hydrogens is 254 g/mol. The first-order chi connectivity index (χ1) is 8.67. The lowest BCUT2D eigenvalue weighted by atomic mass is 10.3. The molecule has 0 spiro atoms. The Hall–Kier alpha value is -1.47. The molecule has 1 aromatic rings. The summed E-state index contributed by atoms with van der Waals surface area (Å²) in [4.78, 5) is 26.7. The van der Waals surface area contributed by atoms with Crippen LogP contribution in [-0.2, 0) is 16.1 Å². The van der Waals surface area contributed by atoms with Crippen molar-refractivity contribution in [2.75, 3.05) is 13.2 Å². The number of nitrogens with zero attached hydrogens (tertiary/aromatic N) is 1. The van der Waals surface area contributed by atoms with Crippen molar-refractivity contribution >= 4 is 23.2 Å². The summed E-state index contributed by atoms with van der Waals surface area (Å²) in [5.74, 6) is -0.486. The molecule has 6 nitrogen and oxygen atoms in total. The Morgan fingerprint density at radius 2 is 2.33 bits per heavy atom. The molecule has 18 heavy (non-hydrogen) atoms. The molecule has 1 rings (SSSR count). The number of carbonyl (C=O) groups is 2. The highest BCUT2D eigenvalue weighted by Crippen LogP contribution is 2.08. The normalized spacial score (nSPS) is 10.1. The number of esters is 1.